The Kier molecular flexibility index (Phi) is 2.64. The zero-order valence-corrected chi connectivity index (χ0v) is 10.1. The topological polar surface area (TPSA) is 12.9 Å². The van der Waals surface area contributed by atoms with Gasteiger partial charge in [0.15, 0.2) is 0 Å². The molecular weight excluding hydrogens is 234 g/mol. The van der Waals surface area contributed by atoms with Crippen molar-refractivity contribution in [1.29, 1.82) is 0 Å². The van der Waals surface area contributed by atoms with Gasteiger partial charge in [0, 0.05) is 10.3 Å². The lowest BCUT2D eigenvalue weighted by atomic mass is 10.3. The van der Waals surface area contributed by atoms with Gasteiger partial charge in [0.25, 0.3) is 0 Å². The van der Waals surface area contributed by atoms with Gasteiger partial charge in [-0.15, -0.1) is 0 Å². The Morgan fingerprint density at radius 3 is 2.50 bits per heavy atom. The highest BCUT2D eigenvalue weighted by molar-refractivity contribution is 7.99. The Morgan fingerprint density at radius 2 is 1.62 bits per heavy atom. The zero-order valence-electron chi connectivity index (χ0n) is 8.46. The van der Waals surface area contributed by atoms with E-state index >= 15 is 0 Å². The van der Waals surface area contributed by atoms with Crippen molar-refractivity contribution in [3.8, 4) is 0 Å². The molecule has 0 amide bonds. The first-order valence-electron chi connectivity index (χ1n) is 5.01. The third-order valence-electron chi connectivity index (χ3n) is 2.30. The van der Waals surface area contributed by atoms with Gasteiger partial charge < -0.3 is 0 Å². The molecule has 0 aliphatic rings. The lowest BCUT2D eigenvalue weighted by molar-refractivity contribution is 1.31. The summed E-state index contributed by atoms with van der Waals surface area (Å²) >= 11 is 3.29. The predicted octanol–water partition coefficient (Wildman–Crippen LogP) is 4.45. The minimum absolute atomic E-state index is 1.10. The van der Waals surface area contributed by atoms with Gasteiger partial charge in [0.1, 0.15) is 5.03 Å². The molecule has 0 aliphatic heterocycles. The fourth-order valence-electron chi connectivity index (χ4n) is 1.54. The lowest BCUT2D eigenvalue weighted by Gasteiger charge is -1.97. The summed E-state index contributed by atoms with van der Waals surface area (Å²) in [5.74, 6) is 0. The molecule has 0 N–H and O–H groups in total. The van der Waals surface area contributed by atoms with E-state index in [9.17, 15) is 0 Å². The van der Waals surface area contributed by atoms with Crippen LogP contribution in [0.15, 0.2) is 64.5 Å². The maximum absolute atomic E-state index is 4.50. The second-order valence-electron chi connectivity index (χ2n) is 3.40. The average Bonchev–Trinajstić information content (AvgIpc) is 2.74. The lowest BCUT2D eigenvalue weighted by Crippen LogP contribution is -1.72. The largest absolute Gasteiger partial charge is 0.185 e. The van der Waals surface area contributed by atoms with E-state index in [4.69, 9.17) is 0 Å². The molecule has 0 saturated carbocycles. The molecule has 0 saturated heterocycles. The molecule has 78 valence electrons. The predicted molar refractivity (Wildman–Crippen MR) is 70.2 cm³/mol. The first-order valence-corrected chi connectivity index (χ1v) is 6.60. The molecule has 16 heavy (non-hydrogen) atoms. The van der Waals surface area contributed by atoms with E-state index in [2.05, 4.69) is 52.9 Å². The molecule has 3 aromatic rings. The Morgan fingerprint density at radius 1 is 0.875 bits per heavy atom. The molecule has 1 heterocycles. The quantitative estimate of drug-likeness (QED) is 0.659. The van der Waals surface area contributed by atoms with Crippen molar-refractivity contribution >= 4 is 33.4 Å². The summed E-state index contributed by atoms with van der Waals surface area (Å²) in [6, 6.07) is 18.7. The maximum atomic E-state index is 4.50. The Hall–Kier alpha value is -1.32. The first kappa shape index (κ1) is 9.87. The van der Waals surface area contributed by atoms with E-state index in [0.29, 0.717) is 0 Å². The van der Waals surface area contributed by atoms with Gasteiger partial charge in [-0.1, -0.05) is 48.2 Å². The van der Waals surface area contributed by atoms with Crippen LogP contribution in [0.25, 0.3) is 10.1 Å². The van der Waals surface area contributed by atoms with Gasteiger partial charge in [-0.3, -0.25) is 0 Å². The van der Waals surface area contributed by atoms with E-state index in [0.717, 1.165) is 5.03 Å². The van der Waals surface area contributed by atoms with Crippen molar-refractivity contribution in [2.24, 2.45) is 0 Å². The molecule has 0 bridgehead atoms. The van der Waals surface area contributed by atoms with Crippen molar-refractivity contribution < 1.29 is 0 Å². The highest BCUT2D eigenvalue weighted by atomic mass is 32.2. The van der Waals surface area contributed by atoms with Crippen molar-refractivity contribution in [3.63, 3.8) is 0 Å². The summed E-state index contributed by atoms with van der Waals surface area (Å²) in [4.78, 5) is 1.23. The first-order chi connectivity index (χ1) is 7.93. The molecule has 0 fully saturated rings. The minimum atomic E-state index is 1.10. The normalized spacial score (nSPS) is 10.8. The van der Waals surface area contributed by atoms with Crippen LogP contribution in [0.2, 0.25) is 0 Å². The van der Waals surface area contributed by atoms with Crippen LogP contribution in [0.1, 0.15) is 0 Å². The molecule has 0 aliphatic carbocycles. The second-order valence-corrected chi connectivity index (χ2v) is 5.27. The summed E-state index contributed by atoms with van der Waals surface area (Å²) in [6.45, 7) is 0. The average molecular weight is 243 g/mol. The number of aromatic nitrogens is 1. The van der Waals surface area contributed by atoms with Crippen LogP contribution in [-0.2, 0) is 0 Å². The molecule has 0 radical (unpaired) electrons. The van der Waals surface area contributed by atoms with Crippen molar-refractivity contribution in [2.75, 3.05) is 0 Å². The third kappa shape index (κ3) is 1.84. The minimum Gasteiger partial charge on any atom is -0.185 e. The third-order valence-corrected chi connectivity index (χ3v) is 4.26. The van der Waals surface area contributed by atoms with Crippen LogP contribution in [0.3, 0.4) is 0 Å². The van der Waals surface area contributed by atoms with Gasteiger partial charge in [-0.25, -0.2) is 0 Å². The Bertz CT molecular complexity index is 601. The molecule has 3 rings (SSSR count). The Labute approximate surface area is 102 Å². The number of rotatable bonds is 2. The van der Waals surface area contributed by atoms with Gasteiger partial charge in [-0.05, 0) is 29.7 Å². The highest BCUT2D eigenvalue weighted by Crippen LogP contribution is 2.34. The molecule has 1 aromatic heterocycles. The SMILES string of the molecule is c1ccc(Sc2nsc3ccccc23)cc1. The van der Waals surface area contributed by atoms with Crippen molar-refractivity contribution in [3.05, 3.63) is 54.6 Å². The van der Waals surface area contributed by atoms with E-state index in [1.54, 1.807) is 23.3 Å². The monoisotopic (exact) mass is 243 g/mol. The molecule has 2 aromatic carbocycles. The van der Waals surface area contributed by atoms with Crippen LogP contribution < -0.4 is 0 Å². The molecule has 3 heteroatoms. The fourth-order valence-corrected chi connectivity index (χ4v) is 3.35. The number of benzene rings is 2. The summed E-state index contributed by atoms with van der Waals surface area (Å²) in [7, 11) is 0. The van der Waals surface area contributed by atoms with E-state index < -0.39 is 0 Å². The summed E-state index contributed by atoms with van der Waals surface area (Å²) < 4.78 is 5.75. The number of nitrogens with zero attached hydrogens (tertiary/aromatic N) is 1. The summed E-state index contributed by atoms with van der Waals surface area (Å²) in [6.07, 6.45) is 0. The zero-order chi connectivity index (χ0) is 10.8. The van der Waals surface area contributed by atoms with Gasteiger partial charge in [0.2, 0.25) is 0 Å². The number of hydrogen-bond donors (Lipinski definition) is 0. The second kappa shape index (κ2) is 4.28. The van der Waals surface area contributed by atoms with Crippen LogP contribution in [0.4, 0.5) is 0 Å². The Balaban J connectivity index is 2.01. The summed E-state index contributed by atoms with van der Waals surface area (Å²) in [5.41, 5.74) is 0. The van der Waals surface area contributed by atoms with E-state index in [1.165, 1.54) is 15.0 Å². The number of fused-ring (bicyclic) bond motifs is 1. The summed E-state index contributed by atoms with van der Waals surface area (Å²) in [5, 5.41) is 2.35. The molecule has 0 spiro atoms. The smallest absolute Gasteiger partial charge is 0.122 e. The van der Waals surface area contributed by atoms with E-state index in [-0.39, 0.29) is 0 Å². The van der Waals surface area contributed by atoms with Gasteiger partial charge in [-0.2, -0.15) is 4.37 Å². The highest BCUT2D eigenvalue weighted by Gasteiger charge is 2.06. The van der Waals surface area contributed by atoms with Gasteiger partial charge in [0.05, 0.1) is 4.70 Å². The van der Waals surface area contributed by atoms with Gasteiger partial charge >= 0.3 is 0 Å². The van der Waals surface area contributed by atoms with Crippen molar-refractivity contribution in [1.82, 2.24) is 4.37 Å². The fraction of sp³-hybridized carbons (Fsp3) is 0. The number of hydrogen-bond acceptors (Lipinski definition) is 3. The standard InChI is InChI=1S/C13H9NS2/c1-2-6-10(7-3-1)15-13-11-8-4-5-9-12(11)16-14-13/h1-9H. The molecule has 0 atom stereocenters. The van der Waals surface area contributed by atoms with E-state index in [1.807, 2.05) is 6.07 Å². The maximum Gasteiger partial charge on any atom is 0.122 e. The van der Waals surface area contributed by atoms with Crippen LogP contribution >= 0.6 is 23.3 Å². The molecule has 1 nitrogen and oxygen atoms in total. The molecular formula is C13H9NS2. The van der Waals surface area contributed by atoms with Crippen LogP contribution in [0.5, 0.6) is 0 Å². The molecule has 0 unspecified atom stereocenters. The van der Waals surface area contributed by atoms with Crippen molar-refractivity contribution in [2.45, 2.75) is 9.92 Å². The van der Waals surface area contributed by atoms with Crippen LogP contribution in [-0.4, -0.2) is 4.37 Å². The van der Waals surface area contributed by atoms with Crippen LogP contribution in [0, 0.1) is 0 Å².